The van der Waals surface area contributed by atoms with Crippen LogP contribution < -0.4 is 10.8 Å². The molecule has 0 saturated heterocycles. The largest absolute Gasteiger partial charge is 0.311 e. The lowest BCUT2D eigenvalue weighted by atomic mass is 9.92. The van der Waals surface area contributed by atoms with Crippen LogP contribution in [0.3, 0.4) is 0 Å². The van der Waals surface area contributed by atoms with Crippen LogP contribution in [0.15, 0.2) is 175 Å². The van der Waals surface area contributed by atoms with Crippen molar-refractivity contribution in [1.29, 1.82) is 0 Å². The van der Waals surface area contributed by atoms with Crippen LogP contribution in [0.2, 0.25) is 0 Å². The first-order chi connectivity index (χ1) is 24.8. The molecule has 0 amide bonds. The molecule has 4 heteroatoms. The van der Waals surface area contributed by atoms with Crippen molar-refractivity contribution < 1.29 is 0 Å². The van der Waals surface area contributed by atoms with Crippen LogP contribution in [0.4, 0.5) is 0 Å². The lowest BCUT2D eigenvalue weighted by Gasteiger charge is -2.14. The van der Waals surface area contributed by atoms with Gasteiger partial charge in [0.25, 0.3) is 0 Å². The average Bonchev–Trinajstić information content (AvgIpc) is 3.75. The second-order valence-electron chi connectivity index (χ2n) is 12.9. The van der Waals surface area contributed by atoms with Crippen molar-refractivity contribution in [3.05, 3.63) is 181 Å². The maximum absolute atomic E-state index is 5.46. The van der Waals surface area contributed by atoms with Crippen LogP contribution in [0.5, 0.6) is 0 Å². The van der Waals surface area contributed by atoms with E-state index in [0.717, 1.165) is 34.3 Å². The summed E-state index contributed by atoms with van der Waals surface area (Å²) in [6, 6.07) is 60.6. The van der Waals surface area contributed by atoms with Crippen LogP contribution in [-0.2, 0) is 0 Å². The van der Waals surface area contributed by atoms with Gasteiger partial charge in [-0.1, -0.05) is 146 Å². The number of imidazole rings is 1. The zero-order chi connectivity index (χ0) is 33.0. The number of benzene rings is 7. The van der Waals surface area contributed by atoms with E-state index in [1.807, 2.05) is 0 Å². The van der Waals surface area contributed by atoms with Crippen LogP contribution in [-0.4, -0.2) is 20.7 Å². The Morgan fingerprint density at radius 1 is 0.420 bits per heavy atom. The average molecular weight is 641 g/mol. The molecule has 10 rings (SSSR count). The normalized spacial score (nSPS) is 12.8. The molecule has 0 bridgehead atoms. The second-order valence-corrected chi connectivity index (χ2v) is 12.9. The van der Waals surface area contributed by atoms with E-state index in [9.17, 15) is 0 Å². The fourth-order valence-electron chi connectivity index (χ4n) is 7.80. The minimum atomic E-state index is 0.701. The topological polar surface area (TPSA) is 35.1 Å². The smallest absolute Gasteiger partial charge is 0.162 e. The number of fused-ring (bicyclic) bond motifs is 5. The van der Waals surface area contributed by atoms with E-state index in [0.29, 0.717) is 6.54 Å². The van der Waals surface area contributed by atoms with Gasteiger partial charge in [0.2, 0.25) is 0 Å². The molecule has 2 aromatic heterocycles. The van der Waals surface area contributed by atoms with Crippen LogP contribution in [0.25, 0.3) is 77.6 Å². The van der Waals surface area contributed by atoms with E-state index in [2.05, 4.69) is 179 Å². The first kappa shape index (κ1) is 28.5. The van der Waals surface area contributed by atoms with Crippen molar-refractivity contribution in [2.45, 2.75) is 6.42 Å². The zero-order valence-corrected chi connectivity index (χ0v) is 27.4. The molecular formula is C46H32N4. The summed E-state index contributed by atoms with van der Waals surface area (Å²) in [5, 5.41) is 5.94. The molecular weight excluding hydrogens is 609 g/mol. The van der Waals surface area contributed by atoms with Crippen molar-refractivity contribution in [2.24, 2.45) is 4.99 Å². The minimum Gasteiger partial charge on any atom is -0.311 e. The highest BCUT2D eigenvalue weighted by Crippen LogP contribution is 2.37. The maximum Gasteiger partial charge on any atom is 0.162 e. The van der Waals surface area contributed by atoms with Crippen LogP contribution in [0, 0.1) is 0 Å². The van der Waals surface area contributed by atoms with E-state index < -0.39 is 0 Å². The summed E-state index contributed by atoms with van der Waals surface area (Å²) in [4.78, 5) is 10.6. The molecule has 0 N–H and O–H groups in total. The van der Waals surface area contributed by atoms with E-state index in [-0.39, 0.29) is 0 Å². The Bertz CT molecular complexity index is 2790. The Morgan fingerprint density at radius 3 is 1.54 bits per heavy atom. The zero-order valence-electron chi connectivity index (χ0n) is 27.4. The molecule has 0 atom stereocenters. The summed E-state index contributed by atoms with van der Waals surface area (Å²) in [6.45, 7) is 0.701. The highest BCUT2D eigenvalue weighted by Gasteiger charge is 2.22. The minimum absolute atomic E-state index is 0.701. The predicted octanol–water partition coefficient (Wildman–Crippen LogP) is 9.81. The number of aromatic nitrogens is 3. The molecule has 0 aliphatic carbocycles. The van der Waals surface area contributed by atoms with Gasteiger partial charge in [-0.15, -0.1) is 0 Å². The summed E-state index contributed by atoms with van der Waals surface area (Å²) < 4.78 is 4.65. The fraction of sp³-hybridized carbons (Fsp3) is 0.0435. The molecule has 3 heterocycles. The van der Waals surface area contributed by atoms with E-state index in [1.54, 1.807) is 0 Å². The number of para-hydroxylation sites is 3. The van der Waals surface area contributed by atoms with E-state index >= 15 is 0 Å². The Hall–Kier alpha value is -6.52. The number of rotatable bonds is 5. The Kier molecular flexibility index (Phi) is 6.59. The maximum atomic E-state index is 5.46. The first-order valence-electron chi connectivity index (χ1n) is 17.2. The van der Waals surface area contributed by atoms with Gasteiger partial charge < -0.3 is 4.57 Å². The van der Waals surface area contributed by atoms with Gasteiger partial charge in [0.15, 0.2) is 5.49 Å². The standard InChI is InChI=1S/C46H32N4/c1-3-13-31(14-4-1)35-27-28-36(38-18-8-7-17-37(35)38)32-23-25-33(26-24-32)45-48-44-43(29-30-47-46(44)49(45)34-15-5-2-6-16-34)50-41-21-11-9-19-39(41)40-20-10-12-22-42(40)50/h1-28H,29-30H2. The molecule has 0 fully saturated rings. The number of hydrogen-bond acceptors (Lipinski definition) is 2. The van der Waals surface area contributed by atoms with E-state index in [4.69, 9.17) is 9.98 Å². The third-order valence-electron chi connectivity index (χ3n) is 10.1. The molecule has 0 spiro atoms. The fourth-order valence-corrected chi connectivity index (χ4v) is 7.80. The quantitative estimate of drug-likeness (QED) is 0.184. The summed E-state index contributed by atoms with van der Waals surface area (Å²) in [5.41, 5.74) is 11.4. The van der Waals surface area contributed by atoms with Crippen molar-refractivity contribution in [3.63, 3.8) is 0 Å². The molecule has 7 aromatic carbocycles. The second kappa shape index (κ2) is 11.6. The van der Waals surface area contributed by atoms with Gasteiger partial charge in [-0.2, -0.15) is 0 Å². The van der Waals surface area contributed by atoms with Gasteiger partial charge >= 0.3 is 0 Å². The van der Waals surface area contributed by atoms with Gasteiger partial charge in [0.1, 0.15) is 11.2 Å². The van der Waals surface area contributed by atoms with E-state index in [1.165, 1.54) is 60.5 Å². The Morgan fingerprint density at radius 2 is 0.920 bits per heavy atom. The summed E-state index contributed by atoms with van der Waals surface area (Å²) >= 11 is 0. The van der Waals surface area contributed by atoms with Gasteiger partial charge in [0, 0.05) is 35.0 Å². The molecule has 0 saturated carbocycles. The van der Waals surface area contributed by atoms with Crippen molar-refractivity contribution in [1.82, 2.24) is 14.1 Å². The molecule has 4 nitrogen and oxygen atoms in total. The monoisotopic (exact) mass is 640 g/mol. The molecule has 0 unspecified atom stereocenters. The highest BCUT2D eigenvalue weighted by atomic mass is 15.1. The summed E-state index contributed by atoms with van der Waals surface area (Å²) in [5.74, 6) is 0.890. The van der Waals surface area contributed by atoms with Gasteiger partial charge in [-0.05, 0) is 57.3 Å². The summed E-state index contributed by atoms with van der Waals surface area (Å²) in [6.07, 6.45) is 0.811. The SMILES string of the molecule is c1ccc(-c2ccc(-c3ccc(-c4nc5c(n4-c4ccccc4)=NCCC=5n4c5ccccc5c5ccccc54)cc3)c3ccccc23)cc1. The molecule has 1 aliphatic rings. The van der Waals surface area contributed by atoms with Crippen molar-refractivity contribution in [2.75, 3.05) is 6.54 Å². The number of nitrogens with zero attached hydrogens (tertiary/aromatic N) is 4. The van der Waals surface area contributed by atoms with Crippen molar-refractivity contribution >= 4 is 38.3 Å². The van der Waals surface area contributed by atoms with Gasteiger partial charge in [0.05, 0.1) is 16.7 Å². The van der Waals surface area contributed by atoms with Gasteiger partial charge in [-0.3, -0.25) is 9.56 Å². The van der Waals surface area contributed by atoms with Gasteiger partial charge in [-0.25, -0.2) is 4.98 Å². The third-order valence-corrected chi connectivity index (χ3v) is 10.1. The Balaban J connectivity index is 1.17. The molecule has 50 heavy (non-hydrogen) atoms. The highest BCUT2D eigenvalue weighted by molar-refractivity contribution is 6.10. The lowest BCUT2D eigenvalue weighted by molar-refractivity contribution is 0.843. The van der Waals surface area contributed by atoms with Crippen LogP contribution >= 0.6 is 0 Å². The van der Waals surface area contributed by atoms with Crippen molar-refractivity contribution in [3.8, 4) is 39.3 Å². The van der Waals surface area contributed by atoms with Crippen LogP contribution in [0.1, 0.15) is 6.42 Å². The molecule has 1 aliphatic heterocycles. The third kappa shape index (κ3) is 4.46. The molecule has 0 radical (unpaired) electrons. The Labute approximate surface area is 289 Å². The lowest BCUT2D eigenvalue weighted by Crippen LogP contribution is -2.36. The molecule has 236 valence electrons. The molecule has 9 aromatic rings. The predicted molar refractivity (Wildman–Crippen MR) is 206 cm³/mol. The number of hydrogen-bond donors (Lipinski definition) is 0. The summed E-state index contributed by atoms with van der Waals surface area (Å²) in [7, 11) is 0. The first-order valence-corrected chi connectivity index (χ1v) is 17.2.